The first-order valence-electron chi connectivity index (χ1n) is 5.33. The molecule has 0 spiro atoms. The first-order chi connectivity index (χ1) is 7.58. The standard InChI is InChI=1S/C11H17N3O2/c1-3-13(4-2)8-9-5-6-10(12)11(7-9)14(15)16/h5-7H,3-4,8,12H2,1-2H3. The summed E-state index contributed by atoms with van der Waals surface area (Å²) in [6.45, 7) is 6.70. The molecule has 0 radical (unpaired) electrons. The summed E-state index contributed by atoms with van der Waals surface area (Å²) in [4.78, 5) is 12.5. The third kappa shape index (κ3) is 2.93. The van der Waals surface area contributed by atoms with Gasteiger partial charge < -0.3 is 5.73 Å². The molecule has 1 rings (SSSR count). The quantitative estimate of drug-likeness (QED) is 0.471. The van der Waals surface area contributed by atoms with Crippen LogP contribution in [0.4, 0.5) is 11.4 Å². The maximum atomic E-state index is 10.7. The summed E-state index contributed by atoms with van der Waals surface area (Å²) in [6, 6.07) is 4.98. The van der Waals surface area contributed by atoms with Gasteiger partial charge in [0.1, 0.15) is 5.69 Å². The lowest BCUT2D eigenvalue weighted by Crippen LogP contribution is -2.22. The number of benzene rings is 1. The smallest absolute Gasteiger partial charge is 0.292 e. The lowest BCUT2D eigenvalue weighted by molar-refractivity contribution is -0.384. The Balaban J connectivity index is 2.90. The highest BCUT2D eigenvalue weighted by atomic mass is 16.6. The van der Waals surface area contributed by atoms with E-state index in [-0.39, 0.29) is 11.4 Å². The lowest BCUT2D eigenvalue weighted by Gasteiger charge is -2.17. The highest BCUT2D eigenvalue weighted by Gasteiger charge is 2.12. The van der Waals surface area contributed by atoms with Crippen LogP contribution in [0.3, 0.4) is 0 Å². The predicted molar refractivity (Wildman–Crippen MR) is 64.1 cm³/mol. The van der Waals surface area contributed by atoms with Crippen LogP contribution in [0.25, 0.3) is 0 Å². The molecule has 0 amide bonds. The van der Waals surface area contributed by atoms with Crippen molar-refractivity contribution < 1.29 is 4.92 Å². The lowest BCUT2D eigenvalue weighted by atomic mass is 10.1. The predicted octanol–water partition coefficient (Wildman–Crippen LogP) is 2.02. The second-order valence-electron chi connectivity index (χ2n) is 3.61. The summed E-state index contributed by atoms with van der Waals surface area (Å²) in [5.74, 6) is 0. The number of nitro groups is 1. The van der Waals surface area contributed by atoms with Crippen molar-refractivity contribution in [3.63, 3.8) is 0 Å². The van der Waals surface area contributed by atoms with Gasteiger partial charge in [0.05, 0.1) is 4.92 Å². The summed E-state index contributed by atoms with van der Waals surface area (Å²) >= 11 is 0. The van der Waals surface area contributed by atoms with Gasteiger partial charge in [0.2, 0.25) is 0 Å². The van der Waals surface area contributed by atoms with Crippen molar-refractivity contribution in [3.05, 3.63) is 33.9 Å². The average Bonchev–Trinajstić information content (AvgIpc) is 2.27. The average molecular weight is 223 g/mol. The van der Waals surface area contributed by atoms with E-state index in [4.69, 9.17) is 5.73 Å². The first kappa shape index (κ1) is 12.4. The second kappa shape index (κ2) is 5.46. The topological polar surface area (TPSA) is 72.4 Å². The first-order valence-corrected chi connectivity index (χ1v) is 5.33. The zero-order chi connectivity index (χ0) is 12.1. The highest BCUT2D eigenvalue weighted by molar-refractivity contribution is 5.59. The van der Waals surface area contributed by atoms with E-state index in [0.29, 0.717) is 6.54 Å². The number of nitrogens with two attached hydrogens (primary N) is 1. The van der Waals surface area contributed by atoms with Crippen LogP contribution in [0.1, 0.15) is 19.4 Å². The Kier molecular flexibility index (Phi) is 4.25. The Hall–Kier alpha value is -1.62. The Morgan fingerprint density at radius 3 is 2.50 bits per heavy atom. The molecule has 0 aromatic heterocycles. The summed E-state index contributed by atoms with van der Waals surface area (Å²) in [7, 11) is 0. The maximum absolute atomic E-state index is 10.7. The summed E-state index contributed by atoms with van der Waals surface area (Å²) < 4.78 is 0. The van der Waals surface area contributed by atoms with Crippen molar-refractivity contribution in [2.24, 2.45) is 0 Å². The molecule has 16 heavy (non-hydrogen) atoms. The van der Waals surface area contributed by atoms with Crippen molar-refractivity contribution in [1.29, 1.82) is 0 Å². The molecule has 0 bridgehead atoms. The van der Waals surface area contributed by atoms with E-state index >= 15 is 0 Å². The number of rotatable bonds is 5. The minimum Gasteiger partial charge on any atom is -0.393 e. The van der Waals surface area contributed by atoms with E-state index in [9.17, 15) is 10.1 Å². The van der Waals surface area contributed by atoms with Crippen LogP contribution in [-0.2, 0) is 6.54 Å². The molecule has 5 nitrogen and oxygen atoms in total. The van der Waals surface area contributed by atoms with E-state index in [1.165, 1.54) is 0 Å². The van der Waals surface area contributed by atoms with Gasteiger partial charge in [0.25, 0.3) is 5.69 Å². The number of anilines is 1. The van der Waals surface area contributed by atoms with Gasteiger partial charge in [0, 0.05) is 12.6 Å². The Labute approximate surface area is 95.0 Å². The molecule has 0 saturated heterocycles. The Bertz CT molecular complexity index is 375. The van der Waals surface area contributed by atoms with Gasteiger partial charge in [-0.25, -0.2) is 0 Å². The van der Waals surface area contributed by atoms with Crippen LogP contribution in [0.15, 0.2) is 18.2 Å². The molecular weight excluding hydrogens is 206 g/mol. The molecule has 0 heterocycles. The van der Waals surface area contributed by atoms with Crippen molar-refractivity contribution in [2.45, 2.75) is 20.4 Å². The third-order valence-electron chi connectivity index (χ3n) is 2.59. The van der Waals surface area contributed by atoms with Crippen LogP contribution in [0.5, 0.6) is 0 Å². The van der Waals surface area contributed by atoms with Gasteiger partial charge in [-0.1, -0.05) is 19.9 Å². The molecular formula is C11H17N3O2. The highest BCUT2D eigenvalue weighted by Crippen LogP contribution is 2.22. The SMILES string of the molecule is CCN(CC)Cc1ccc(N)c([N+](=O)[O-])c1. The molecule has 1 aromatic rings. The van der Waals surface area contributed by atoms with Crippen molar-refractivity contribution in [2.75, 3.05) is 18.8 Å². The molecule has 0 aliphatic rings. The number of nitro benzene ring substituents is 1. The molecule has 0 aliphatic heterocycles. The number of hydrogen-bond donors (Lipinski definition) is 1. The van der Waals surface area contributed by atoms with Gasteiger partial charge in [0.15, 0.2) is 0 Å². The third-order valence-corrected chi connectivity index (χ3v) is 2.59. The molecule has 0 saturated carbocycles. The Morgan fingerprint density at radius 2 is 2.00 bits per heavy atom. The monoisotopic (exact) mass is 223 g/mol. The molecule has 0 atom stereocenters. The second-order valence-corrected chi connectivity index (χ2v) is 3.61. The van der Waals surface area contributed by atoms with Crippen molar-refractivity contribution in [1.82, 2.24) is 4.90 Å². The number of nitrogen functional groups attached to an aromatic ring is 1. The van der Waals surface area contributed by atoms with Crippen LogP contribution < -0.4 is 5.73 Å². The number of nitrogens with zero attached hydrogens (tertiary/aromatic N) is 2. The van der Waals surface area contributed by atoms with Crippen LogP contribution in [0, 0.1) is 10.1 Å². The summed E-state index contributed by atoms with van der Waals surface area (Å²) in [5.41, 5.74) is 6.66. The normalized spacial score (nSPS) is 10.7. The van der Waals surface area contributed by atoms with E-state index in [0.717, 1.165) is 18.7 Å². The van der Waals surface area contributed by atoms with E-state index in [1.807, 2.05) is 6.07 Å². The van der Waals surface area contributed by atoms with Gasteiger partial charge in [-0.05, 0) is 24.7 Å². The summed E-state index contributed by atoms with van der Waals surface area (Å²) in [5, 5.41) is 10.7. The number of hydrogen-bond acceptors (Lipinski definition) is 4. The van der Waals surface area contributed by atoms with E-state index in [2.05, 4.69) is 18.7 Å². The molecule has 88 valence electrons. The molecule has 5 heteroatoms. The molecule has 0 aliphatic carbocycles. The van der Waals surface area contributed by atoms with Crippen LogP contribution in [0.2, 0.25) is 0 Å². The minimum absolute atomic E-state index is 0.00958. The fraction of sp³-hybridized carbons (Fsp3) is 0.455. The Morgan fingerprint density at radius 1 is 1.38 bits per heavy atom. The molecule has 0 unspecified atom stereocenters. The van der Waals surface area contributed by atoms with Crippen molar-refractivity contribution in [3.8, 4) is 0 Å². The summed E-state index contributed by atoms with van der Waals surface area (Å²) in [6.07, 6.45) is 0. The fourth-order valence-corrected chi connectivity index (χ4v) is 1.55. The van der Waals surface area contributed by atoms with Gasteiger partial charge >= 0.3 is 0 Å². The largest absolute Gasteiger partial charge is 0.393 e. The zero-order valence-corrected chi connectivity index (χ0v) is 9.64. The fourth-order valence-electron chi connectivity index (χ4n) is 1.55. The van der Waals surface area contributed by atoms with Gasteiger partial charge in [-0.2, -0.15) is 0 Å². The van der Waals surface area contributed by atoms with Crippen LogP contribution in [-0.4, -0.2) is 22.9 Å². The van der Waals surface area contributed by atoms with Gasteiger partial charge in [-0.3, -0.25) is 15.0 Å². The zero-order valence-electron chi connectivity index (χ0n) is 9.64. The maximum Gasteiger partial charge on any atom is 0.292 e. The van der Waals surface area contributed by atoms with E-state index in [1.54, 1.807) is 12.1 Å². The molecule has 1 aromatic carbocycles. The van der Waals surface area contributed by atoms with Crippen molar-refractivity contribution >= 4 is 11.4 Å². The van der Waals surface area contributed by atoms with E-state index < -0.39 is 4.92 Å². The van der Waals surface area contributed by atoms with Crippen LogP contribution >= 0.6 is 0 Å². The van der Waals surface area contributed by atoms with Gasteiger partial charge in [-0.15, -0.1) is 0 Å². The molecule has 2 N–H and O–H groups in total. The molecule has 0 fully saturated rings. The minimum atomic E-state index is -0.443.